The molecule has 1 aromatic carbocycles. The lowest BCUT2D eigenvalue weighted by atomic mass is 9.98. The Morgan fingerprint density at radius 3 is 2.45 bits per heavy atom. The van der Waals surface area contributed by atoms with Crippen LogP contribution < -0.4 is 0 Å². The minimum atomic E-state index is -3.70. The van der Waals surface area contributed by atoms with E-state index >= 15 is 0 Å². The molecule has 0 saturated carbocycles. The smallest absolute Gasteiger partial charge is 0.207 e. The number of allylic oxidation sites excluding steroid dienone is 1. The normalized spacial score (nSPS) is 11.5. The minimum Gasteiger partial charge on any atom is -0.207 e. The molecule has 0 aliphatic carbocycles. The second kappa shape index (κ2) is 7.40. The topological polar surface area (TPSA) is 37.4 Å². The first-order valence-electron chi connectivity index (χ1n) is 6.18. The highest BCUT2D eigenvalue weighted by Crippen LogP contribution is 2.17. The first-order chi connectivity index (χ1) is 9.37. The molecule has 0 saturated heterocycles. The van der Waals surface area contributed by atoms with Gasteiger partial charge < -0.3 is 0 Å². The molecule has 20 heavy (non-hydrogen) atoms. The van der Waals surface area contributed by atoms with Crippen molar-refractivity contribution in [1.82, 2.24) is 4.31 Å². The largest absolute Gasteiger partial charge is 0.243 e. The van der Waals surface area contributed by atoms with E-state index in [1.807, 2.05) is 0 Å². The van der Waals surface area contributed by atoms with E-state index in [1.165, 1.54) is 16.4 Å². The molecule has 0 fully saturated rings. The van der Waals surface area contributed by atoms with Crippen LogP contribution in [0.4, 0.5) is 4.39 Å². The van der Waals surface area contributed by atoms with Crippen LogP contribution >= 0.6 is 0 Å². The van der Waals surface area contributed by atoms with E-state index in [1.54, 1.807) is 6.08 Å². The van der Waals surface area contributed by atoms with Gasteiger partial charge in [0.15, 0.2) is 0 Å². The van der Waals surface area contributed by atoms with Crippen molar-refractivity contribution in [1.29, 1.82) is 0 Å². The fourth-order valence-electron chi connectivity index (χ4n) is 1.68. The van der Waals surface area contributed by atoms with E-state index in [0.717, 1.165) is 12.1 Å². The lowest BCUT2D eigenvalue weighted by molar-refractivity contribution is 0.433. The first kappa shape index (κ1) is 16.7. The van der Waals surface area contributed by atoms with Gasteiger partial charge in [-0.1, -0.05) is 6.08 Å². The second-order valence-corrected chi connectivity index (χ2v) is 6.32. The van der Waals surface area contributed by atoms with Gasteiger partial charge >= 0.3 is 0 Å². The molecule has 0 unspecified atom stereocenters. The predicted molar refractivity (Wildman–Crippen MR) is 79.5 cm³/mol. The summed E-state index contributed by atoms with van der Waals surface area (Å²) in [6.07, 6.45) is 3.06. The van der Waals surface area contributed by atoms with Gasteiger partial charge in [0.25, 0.3) is 0 Å². The van der Waals surface area contributed by atoms with E-state index < -0.39 is 15.8 Å². The molecule has 0 aliphatic heterocycles. The highest BCUT2D eigenvalue weighted by molar-refractivity contribution is 7.89. The van der Waals surface area contributed by atoms with Crippen LogP contribution in [0, 0.1) is 5.82 Å². The number of hydrogen-bond acceptors (Lipinski definition) is 2. The Morgan fingerprint density at radius 1 is 1.35 bits per heavy atom. The lowest BCUT2D eigenvalue weighted by Crippen LogP contribution is -2.33. The van der Waals surface area contributed by atoms with Crippen LogP contribution in [0.5, 0.6) is 0 Å². The fraction of sp³-hybridized carbons (Fsp3) is 0.286. The highest BCUT2D eigenvalue weighted by Gasteiger charge is 2.23. The van der Waals surface area contributed by atoms with Crippen molar-refractivity contribution in [3.8, 4) is 0 Å². The molecule has 6 heteroatoms. The molecule has 0 heterocycles. The van der Waals surface area contributed by atoms with Gasteiger partial charge in [-0.3, -0.25) is 0 Å². The molecule has 0 aliphatic rings. The maximum atomic E-state index is 12.9. The number of nitrogens with zero attached hydrogens (tertiary/aromatic N) is 1. The Morgan fingerprint density at radius 2 is 1.95 bits per heavy atom. The Kier molecular flexibility index (Phi) is 6.17. The van der Waals surface area contributed by atoms with Gasteiger partial charge in [-0.15, -0.1) is 18.6 Å². The van der Waals surface area contributed by atoms with Crippen LogP contribution in [0.25, 0.3) is 0 Å². The van der Waals surface area contributed by atoms with Crippen molar-refractivity contribution < 1.29 is 12.8 Å². The van der Waals surface area contributed by atoms with Gasteiger partial charge in [0, 0.05) is 13.1 Å². The molecule has 0 bridgehead atoms. The molecular weight excluding hydrogens is 276 g/mol. The number of hydrogen-bond donors (Lipinski definition) is 0. The summed E-state index contributed by atoms with van der Waals surface area (Å²) < 4.78 is 39.0. The fourth-order valence-corrected chi connectivity index (χ4v) is 3.16. The molecule has 106 valence electrons. The predicted octanol–water partition coefficient (Wildman–Crippen LogP) is 2.46. The van der Waals surface area contributed by atoms with Crippen LogP contribution in [0.1, 0.15) is 12.8 Å². The van der Waals surface area contributed by atoms with Crippen molar-refractivity contribution in [3.63, 3.8) is 0 Å². The van der Waals surface area contributed by atoms with Crippen LogP contribution in [-0.2, 0) is 10.0 Å². The zero-order valence-corrected chi connectivity index (χ0v) is 12.1. The maximum Gasteiger partial charge on any atom is 0.243 e. The van der Waals surface area contributed by atoms with E-state index in [9.17, 15) is 12.8 Å². The monoisotopic (exact) mass is 293 g/mol. The van der Waals surface area contributed by atoms with Crippen LogP contribution in [0.2, 0.25) is 0 Å². The summed E-state index contributed by atoms with van der Waals surface area (Å²) in [5.41, 5.74) is 0.259. The van der Waals surface area contributed by atoms with Crippen LogP contribution in [-0.4, -0.2) is 33.7 Å². The first-order valence-corrected chi connectivity index (χ1v) is 7.62. The van der Waals surface area contributed by atoms with Crippen molar-refractivity contribution in [2.45, 2.75) is 17.7 Å². The van der Waals surface area contributed by atoms with Gasteiger partial charge in [-0.2, -0.15) is 4.31 Å². The Balaban J connectivity index is 2.99. The second-order valence-electron chi connectivity index (χ2n) is 4.38. The number of sulfonamides is 1. The SMILES string of the molecule is [B]C(=C)CN(CCCC=C)S(=O)(=O)c1ccc(F)cc1. The molecular formula is C14H17BFNO2S. The van der Waals surface area contributed by atoms with E-state index in [-0.39, 0.29) is 16.9 Å². The van der Waals surface area contributed by atoms with E-state index in [4.69, 9.17) is 7.85 Å². The summed E-state index contributed by atoms with van der Waals surface area (Å²) in [5.74, 6) is -0.481. The quantitative estimate of drug-likeness (QED) is 0.419. The molecule has 0 aromatic heterocycles. The molecule has 3 nitrogen and oxygen atoms in total. The van der Waals surface area contributed by atoms with Gasteiger partial charge in [0.05, 0.1) is 4.90 Å². The van der Waals surface area contributed by atoms with Gasteiger partial charge in [-0.25, -0.2) is 12.8 Å². The summed E-state index contributed by atoms with van der Waals surface area (Å²) in [6.45, 7) is 7.48. The standard InChI is InChI=1S/C14H17BFNO2S/c1-3-4-5-10-17(11-12(2)15)20(18,19)14-8-6-13(16)7-9-14/h3,6-9H,1-2,4-5,10-11H2. The van der Waals surface area contributed by atoms with Gasteiger partial charge in [0.1, 0.15) is 13.7 Å². The average Bonchev–Trinajstić information content (AvgIpc) is 2.38. The summed E-state index contributed by atoms with van der Waals surface area (Å²) >= 11 is 0. The molecule has 1 rings (SSSR count). The van der Waals surface area contributed by atoms with E-state index in [0.29, 0.717) is 19.4 Å². The third-order valence-corrected chi connectivity index (χ3v) is 4.51. The van der Waals surface area contributed by atoms with Crippen molar-refractivity contribution in [2.24, 2.45) is 0 Å². The van der Waals surface area contributed by atoms with E-state index in [2.05, 4.69) is 13.2 Å². The molecule has 0 amide bonds. The third-order valence-electron chi connectivity index (χ3n) is 2.65. The highest BCUT2D eigenvalue weighted by atomic mass is 32.2. The van der Waals surface area contributed by atoms with Gasteiger partial charge in [-0.05, 0) is 37.1 Å². The molecule has 0 N–H and O–H groups in total. The van der Waals surface area contributed by atoms with Gasteiger partial charge in [0.2, 0.25) is 10.0 Å². The van der Waals surface area contributed by atoms with Crippen LogP contribution in [0.3, 0.4) is 0 Å². The average molecular weight is 293 g/mol. The summed E-state index contributed by atoms with van der Waals surface area (Å²) in [7, 11) is 1.81. The Bertz CT molecular complexity index is 569. The Labute approximate surface area is 121 Å². The zero-order chi connectivity index (χ0) is 15.2. The van der Waals surface area contributed by atoms with Crippen molar-refractivity contribution in [3.05, 3.63) is 54.8 Å². The van der Waals surface area contributed by atoms with Crippen molar-refractivity contribution in [2.75, 3.05) is 13.1 Å². The number of unbranched alkanes of at least 4 members (excludes halogenated alkanes) is 1. The van der Waals surface area contributed by atoms with Crippen LogP contribution in [0.15, 0.2) is 53.9 Å². The number of halogens is 1. The molecule has 2 radical (unpaired) electrons. The summed E-state index contributed by atoms with van der Waals surface area (Å²) in [4.78, 5) is 0.0405. The third kappa shape index (κ3) is 4.61. The lowest BCUT2D eigenvalue weighted by Gasteiger charge is -2.22. The molecule has 1 aromatic rings. The summed E-state index contributed by atoms with van der Waals surface area (Å²) in [6, 6.07) is 4.72. The number of rotatable bonds is 8. The van der Waals surface area contributed by atoms with Crippen molar-refractivity contribution >= 4 is 17.9 Å². The maximum absolute atomic E-state index is 12.9. The molecule has 0 spiro atoms. The molecule has 0 atom stereocenters. The minimum absolute atomic E-state index is 0.0385. The Hall–Kier alpha value is -1.40. The zero-order valence-electron chi connectivity index (χ0n) is 11.3. The number of benzene rings is 1. The summed E-state index contributed by atoms with van der Waals surface area (Å²) in [5, 5.41) is 0.